The number of rotatable bonds is 4. The van der Waals surface area contributed by atoms with E-state index in [2.05, 4.69) is 25.6 Å². The van der Waals surface area contributed by atoms with Crippen LogP contribution in [0.1, 0.15) is 26.7 Å². The second kappa shape index (κ2) is 6.00. The molecular weight excluding hydrogens is 286 g/mol. The van der Waals surface area contributed by atoms with Crippen molar-refractivity contribution in [3.05, 3.63) is 5.28 Å². The molecule has 0 aromatic carbocycles. The molecule has 0 saturated carbocycles. The van der Waals surface area contributed by atoms with Crippen molar-refractivity contribution in [1.82, 2.24) is 20.3 Å². The minimum atomic E-state index is -0.585. The summed E-state index contributed by atoms with van der Waals surface area (Å²) in [5.41, 5.74) is 0. The molecule has 2 amide bonds. The van der Waals surface area contributed by atoms with Crippen molar-refractivity contribution in [1.29, 1.82) is 0 Å². The fourth-order valence-electron chi connectivity index (χ4n) is 1.65. The van der Waals surface area contributed by atoms with Gasteiger partial charge in [-0.25, -0.2) is 0 Å². The molecule has 1 aromatic rings. The number of nitrogens with zero attached hydrogens (tertiary/aromatic N) is 3. The highest BCUT2D eigenvalue weighted by Crippen LogP contribution is 2.15. The molecule has 2 N–H and O–H groups in total. The van der Waals surface area contributed by atoms with Crippen molar-refractivity contribution >= 4 is 29.4 Å². The van der Waals surface area contributed by atoms with Gasteiger partial charge in [-0.3, -0.25) is 14.9 Å². The van der Waals surface area contributed by atoms with Gasteiger partial charge in [0.15, 0.2) is 0 Å². The lowest BCUT2D eigenvalue weighted by atomic mass is 10.1. The highest BCUT2D eigenvalue weighted by atomic mass is 35.5. The summed E-state index contributed by atoms with van der Waals surface area (Å²) in [6.07, 6.45) is 0.517. The zero-order valence-corrected chi connectivity index (χ0v) is 11.8. The van der Waals surface area contributed by atoms with Crippen LogP contribution in [0, 0.1) is 0 Å². The van der Waals surface area contributed by atoms with Crippen molar-refractivity contribution in [2.75, 3.05) is 5.32 Å². The lowest BCUT2D eigenvalue weighted by Crippen LogP contribution is -2.47. The first-order valence-corrected chi connectivity index (χ1v) is 6.50. The van der Waals surface area contributed by atoms with Crippen molar-refractivity contribution < 1.29 is 14.3 Å². The predicted molar refractivity (Wildman–Crippen MR) is 70.4 cm³/mol. The average Bonchev–Trinajstić information content (AvgIpc) is 2.31. The van der Waals surface area contributed by atoms with Crippen LogP contribution in [0.5, 0.6) is 6.01 Å². The van der Waals surface area contributed by atoms with E-state index >= 15 is 0 Å². The smallest absolute Gasteiger partial charge is 0.322 e. The summed E-state index contributed by atoms with van der Waals surface area (Å²) in [4.78, 5) is 34.4. The Balaban J connectivity index is 2.10. The maximum Gasteiger partial charge on any atom is 0.322 e. The van der Waals surface area contributed by atoms with Gasteiger partial charge >= 0.3 is 6.01 Å². The number of imide groups is 1. The molecule has 0 aliphatic carbocycles. The Morgan fingerprint density at radius 2 is 2.10 bits per heavy atom. The van der Waals surface area contributed by atoms with Gasteiger partial charge in [0.05, 0.1) is 6.10 Å². The Bertz CT molecular complexity index is 537. The molecular formula is C11H14ClN5O3. The largest absolute Gasteiger partial charge is 0.461 e. The molecule has 0 spiro atoms. The second-order valence-electron chi connectivity index (χ2n) is 4.53. The van der Waals surface area contributed by atoms with Crippen LogP contribution in [0.2, 0.25) is 5.28 Å². The van der Waals surface area contributed by atoms with E-state index in [1.807, 2.05) is 13.8 Å². The number of ether oxygens (including phenoxy) is 1. The fourth-order valence-corrected chi connectivity index (χ4v) is 1.80. The van der Waals surface area contributed by atoms with E-state index in [0.29, 0.717) is 6.42 Å². The van der Waals surface area contributed by atoms with Gasteiger partial charge in [0.2, 0.25) is 23.0 Å². The standard InChI is InChI=1S/C11H14ClN5O3/c1-5(2)20-11-16-9(12)15-10(17-11)13-6-3-4-7(18)14-8(6)19/h5-6H,3-4H2,1-2H3,(H,14,18,19)(H,13,15,16,17). The average molecular weight is 300 g/mol. The predicted octanol–water partition coefficient (Wildman–Crippen LogP) is 0.529. The van der Waals surface area contributed by atoms with Crippen molar-refractivity contribution in [2.24, 2.45) is 0 Å². The molecule has 0 bridgehead atoms. The maximum atomic E-state index is 11.6. The molecule has 1 aliphatic rings. The molecule has 9 heteroatoms. The topological polar surface area (TPSA) is 106 Å². The van der Waals surface area contributed by atoms with Gasteiger partial charge in [-0.05, 0) is 31.9 Å². The first-order chi connectivity index (χ1) is 9.44. The first kappa shape index (κ1) is 14.4. The van der Waals surface area contributed by atoms with E-state index in [1.54, 1.807) is 0 Å². The highest BCUT2D eigenvalue weighted by Gasteiger charge is 2.27. The molecule has 1 atom stereocenters. The number of nitrogens with one attached hydrogen (secondary N) is 2. The van der Waals surface area contributed by atoms with Gasteiger partial charge in [0.25, 0.3) is 0 Å². The zero-order valence-electron chi connectivity index (χ0n) is 11.0. The molecule has 1 aromatic heterocycles. The van der Waals surface area contributed by atoms with E-state index in [4.69, 9.17) is 16.3 Å². The van der Waals surface area contributed by atoms with E-state index in [0.717, 1.165) is 0 Å². The third kappa shape index (κ3) is 3.77. The third-order valence-corrected chi connectivity index (χ3v) is 2.64. The quantitative estimate of drug-likeness (QED) is 0.781. The summed E-state index contributed by atoms with van der Waals surface area (Å²) in [7, 11) is 0. The Labute approximate surface area is 120 Å². The van der Waals surface area contributed by atoms with Gasteiger partial charge in [0.1, 0.15) is 6.04 Å². The number of aromatic nitrogens is 3. The molecule has 1 unspecified atom stereocenters. The molecule has 108 valence electrons. The van der Waals surface area contributed by atoms with Gasteiger partial charge in [-0.2, -0.15) is 15.0 Å². The van der Waals surface area contributed by atoms with Crippen molar-refractivity contribution in [2.45, 2.75) is 38.8 Å². The first-order valence-electron chi connectivity index (χ1n) is 6.12. The summed E-state index contributed by atoms with van der Waals surface area (Å²) in [6.45, 7) is 3.65. The number of amides is 2. The SMILES string of the molecule is CC(C)Oc1nc(Cl)nc(NC2CCC(=O)NC2=O)n1. The fraction of sp³-hybridized carbons (Fsp3) is 0.545. The van der Waals surface area contributed by atoms with E-state index in [1.165, 1.54) is 0 Å². The van der Waals surface area contributed by atoms with Gasteiger partial charge in [0, 0.05) is 6.42 Å². The maximum absolute atomic E-state index is 11.6. The summed E-state index contributed by atoms with van der Waals surface area (Å²) in [5, 5.41) is 5.01. The number of anilines is 1. The van der Waals surface area contributed by atoms with Gasteiger partial charge < -0.3 is 10.1 Å². The molecule has 8 nitrogen and oxygen atoms in total. The van der Waals surface area contributed by atoms with Crippen LogP contribution in [-0.2, 0) is 9.59 Å². The normalized spacial score (nSPS) is 18.9. The lowest BCUT2D eigenvalue weighted by molar-refractivity contribution is -0.133. The number of halogens is 1. The van der Waals surface area contributed by atoms with Crippen LogP contribution in [0.4, 0.5) is 5.95 Å². The van der Waals surface area contributed by atoms with Crippen LogP contribution in [-0.4, -0.2) is 38.9 Å². The summed E-state index contributed by atoms with van der Waals surface area (Å²) < 4.78 is 5.33. The van der Waals surface area contributed by atoms with Crippen molar-refractivity contribution in [3.8, 4) is 6.01 Å². The molecule has 0 radical (unpaired) electrons. The lowest BCUT2D eigenvalue weighted by Gasteiger charge is -2.21. The van der Waals surface area contributed by atoms with Crippen molar-refractivity contribution in [3.63, 3.8) is 0 Å². The third-order valence-electron chi connectivity index (χ3n) is 2.47. The van der Waals surface area contributed by atoms with Gasteiger partial charge in [-0.15, -0.1) is 0 Å². The Morgan fingerprint density at radius 1 is 1.35 bits per heavy atom. The Kier molecular flexibility index (Phi) is 4.33. The molecule has 20 heavy (non-hydrogen) atoms. The van der Waals surface area contributed by atoms with Crippen LogP contribution in [0.3, 0.4) is 0 Å². The van der Waals surface area contributed by atoms with Crippen LogP contribution < -0.4 is 15.4 Å². The highest BCUT2D eigenvalue weighted by molar-refractivity contribution is 6.28. The van der Waals surface area contributed by atoms with Crippen LogP contribution in [0.15, 0.2) is 0 Å². The zero-order chi connectivity index (χ0) is 14.7. The number of hydrogen-bond donors (Lipinski definition) is 2. The summed E-state index contributed by atoms with van der Waals surface area (Å²) in [5.74, 6) is -0.565. The van der Waals surface area contributed by atoms with Crippen LogP contribution >= 0.6 is 11.6 Å². The number of carbonyl (C=O) groups excluding carboxylic acids is 2. The van der Waals surface area contributed by atoms with E-state index in [-0.39, 0.29) is 35.7 Å². The minimum absolute atomic E-state index is 0.0366. The molecule has 2 rings (SSSR count). The Morgan fingerprint density at radius 3 is 2.75 bits per heavy atom. The van der Waals surface area contributed by atoms with Gasteiger partial charge in [-0.1, -0.05) is 0 Å². The molecule has 1 fully saturated rings. The molecule has 1 aliphatic heterocycles. The number of carbonyl (C=O) groups is 2. The monoisotopic (exact) mass is 299 g/mol. The van der Waals surface area contributed by atoms with E-state index in [9.17, 15) is 9.59 Å². The van der Waals surface area contributed by atoms with E-state index < -0.39 is 11.9 Å². The molecule has 2 heterocycles. The van der Waals surface area contributed by atoms with Crippen LogP contribution in [0.25, 0.3) is 0 Å². The minimum Gasteiger partial charge on any atom is -0.461 e. The second-order valence-corrected chi connectivity index (χ2v) is 4.86. The Hall–Kier alpha value is -1.96. The molecule has 1 saturated heterocycles. The summed E-state index contributed by atoms with van der Waals surface area (Å²) >= 11 is 5.77. The number of piperidine rings is 1. The number of hydrogen-bond acceptors (Lipinski definition) is 7. The summed E-state index contributed by atoms with van der Waals surface area (Å²) in [6, 6.07) is -0.507.